The largest absolute Gasteiger partial charge is 0.494 e. The molecule has 1 aliphatic rings. The van der Waals surface area contributed by atoms with Gasteiger partial charge < -0.3 is 4.74 Å². The van der Waals surface area contributed by atoms with Crippen LogP contribution in [0.3, 0.4) is 0 Å². The molecule has 0 aliphatic carbocycles. The van der Waals surface area contributed by atoms with Crippen molar-refractivity contribution in [3.63, 3.8) is 0 Å². The number of unbranched alkanes of at least 4 members (excludes halogenated alkanes) is 2. The Balaban J connectivity index is 1.64. The van der Waals surface area contributed by atoms with Crippen LogP contribution in [0.15, 0.2) is 66.7 Å². The Kier molecular flexibility index (Phi) is 8.98. The zero-order valence-electron chi connectivity index (χ0n) is 20.8. The minimum absolute atomic E-state index is 0.0332. The molecule has 0 aromatic heterocycles. The van der Waals surface area contributed by atoms with E-state index in [9.17, 15) is 0 Å². The summed E-state index contributed by atoms with van der Waals surface area (Å²) in [5.41, 5.74) is 4.58. The Bertz CT molecular complexity index is 1020. The lowest BCUT2D eigenvalue weighted by molar-refractivity contribution is 0.306. The second-order valence-corrected chi connectivity index (χ2v) is 12.6. The predicted octanol–water partition coefficient (Wildman–Crippen LogP) is 9.51. The van der Waals surface area contributed by atoms with Gasteiger partial charge in [0.2, 0.25) is 0 Å². The smallest absolute Gasteiger partial charge is 0.135 e. The van der Waals surface area contributed by atoms with Crippen molar-refractivity contribution in [3.8, 4) is 28.0 Å². The molecular weight excluding hydrogens is 435 g/mol. The van der Waals surface area contributed by atoms with Gasteiger partial charge in [-0.3, -0.25) is 0 Å². The zero-order valence-corrected chi connectivity index (χ0v) is 21.8. The maximum absolute atomic E-state index is 16.3. The summed E-state index contributed by atoms with van der Waals surface area (Å²) in [6.07, 6.45) is 7.00. The predicted molar refractivity (Wildman–Crippen MR) is 145 cm³/mol. The van der Waals surface area contributed by atoms with E-state index in [1.807, 2.05) is 42.5 Å². The topological polar surface area (TPSA) is 9.23 Å². The van der Waals surface area contributed by atoms with Crippen molar-refractivity contribution in [3.05, 3.63) is 78.1 Å². The summed E-state index contributed by atoms with van der Waals surface area (Å²) in [4.78, 5) is 0. The molecule has 0 N–H and O–H groups in total. The van der Waals surface area contributed by atoms with Gasteiger partial charge in [-0.2, -0.15) is 0 Å². The van der Waals surface area contributed by atoms with Gasteiger partial charge in [0.15, 0.2) is 0 Å². The van der Waals surface area contributed by atoms with Gasteiger partial charge >= 0.3 is 0 Å². The van der Waals surface area contributed by atoms with E-state index >= 15 is 4.39 Å². The highest BCUT2D eigenvalue weighted by Gasteiger charge is 2.27. The van der Waals surface area contributed by atoms with E-state index in [1.165, 1.54) is 37.4 Å². The third-order valence-corrected chi connectivity index (χ3v) is 10.4. The van der Waals surface area contributed by atoms with Crippen LogP contribution >= 0.6 is 0 Å². The maximum atomic E-state index is 16.3. The second-order valence-electron chi connectivity index (χ2n) is 9.61. The monoisotopic (exact) mass is 473 g/mol. The highest BCUT2D eigenvalue weighted by Crippen LogP contribution is 2.42. The maximum Gasteiger partial charge on any atom is 0.135 e. The van der Waals surface area contributed by atoms with Crippen molar-refractivity contribution < 1.29 is 9.13 Å². The molecule has 0 spiro atoms. The van der Waals surface area contributed by atoms with Crippen LogP contribution in [-0.4, -0.2) is 15.4 Å². The summed E-state index contributed by atoms with van der Waals surface area (Å²) in [5.74, 6) is 1.17. The molecule has 1 fully saturated rings. The fourth-order valence-corrected chi connectivity index (χ4v) is 8.22. The summed E-state index contributed by atoms with van der Waals surface area (Å²) in [5, 5.41) is 0. The molecule has 1 radical (unpaired) electrons. The molecule has 4 rings (SSSR count). The molecule has 179 valence electrons. The molecule has 34 heavy (non-hydrogen) atoms. The standard InChI is InChI=1S/C31H38FOSi/c1-3-5-9-20-33-27-14-12-26(13-15-27)30-28(24-10-7-6-8-11-24)16-17-29(31(30)32)25-18-22-34(21-4-2)23-19-25/h6-8,10-17,25H,3-5,9,18-23H2,1-2H3. The molecular formula is C31H38FOSi. The van der Waals surface area contributed by atoms with E-state index < -0.39 is 0 Å². The van der Waals surface area contributed by atoms with Crippen LogP contribution in [-0.2, 0) is 0 Å². The van der Waals surface area contributed by atoms with Gasteiger partial charge in [-0.25, -0.2) is 4.39 Å². The molecule has 0 bridgehead atoms. The lowest BCUT2D eigenvalue weighted by atomic mass is 9.86. The van der Waals surface area contributed by atoms with E-state index in [2.05, 4.69) is 38.1 Å². The number of benzene rings is 3. The third-order valence-electron chi connectivity index (χ3n) is 7.15. The van der Waals surface area contributed by atoms with Gasteiger partial charge in [-0.15, -0.1) is 0 Å². The Morgan fingerprint density at radius 1 is 0.824 bits per heavy atom. The normalized spacial score (nSPS) is 14.9. The van der Waals surface area contributed by atoms with E-state index in [1.54, 1.807) is 0 Å². The van der Waals surface area contributed by atoms with E-state index in [0.29, 0.717) is 5.92 Å². The molecule has 1 saturated heterocycles. The molecule has 0 amide bonds. The van der Waals surface area contributed by atoms with Crippen LogP contribution in [0.1, 0.15) is 63.9 Å². The van der Waals surface area contributed by atoms with E-state index in [4.69, 9.17) is 4.74 Å². The van der Waals surface area contributed by atoms with Crippen LogP contribution in [0, 0.1) is 5.82 Å². The quantitative estimate of drug-likeness (QED) is 0.210. The van der Waals surface area contributed by atoms with Crippen LogP contribution < -0.4 is 4.74 Å². The van der Waals surface area contributed by atoms with Gasteiger partial charge in [-0.1, -0.05) is 106 Å². The number of hydrogen-bond acceptors (Lipinski definition) is 1. The van der Waals surface area contributed by atoms with Crippen molar-refractivity contribution in [2.45, 2.75) is 76.4 Å². The molecule has 3 aromatic carbocycles. The van der Waals surface area contributed by atoms with Crippen LogP contribution in [0.25, 0.3) is 22.3 Å². The van der Waals surface area contributed by atoms with Crippen molar-refractivity contribution in [1.29, 1.82) is 0 Å². The minimum atomic E-state index is -0.216. The summed E-state index contributed by atoms with van der Waals surface area (Å²) in [7, 11) is -0.216. The number of ether oxygens (including phenoxy) is 1. The van der Waals surface area contributed by atoms with Crippen molar-refractivity contribution in [2.24, 2.45) is 0 Å². The Labute approximate surface area is 207 Å². The van der Waals surface area contributed by atoms with Crippen molar-refractivity contribution >= 4 is 8.80 Å². The fraction of sp³-hybridized carbons (Fsp3) is 0.419. The highest BCUT2D eigenvalue weighted by molar-refractivity contribution is 6.59. The van der Waals surface area contributed by atoms with Crippen LogP contribution in [0.2, 0.25) is 18.1 Å². The van der Waals surface area contributed by atoms with Gasteiger partial charge in [0, 0.05) is 14.4 Å². The molecule has 1 nitrogen and oxygen atoms in total. The fourth-order valence-electron chi connectivity index (χ4n) is 5.25. The van der Waals surface area contributed by atoms with Crippen LogP contribution in [0.5, 0.6) is 5.75 Å². The molecule has 1 aliphatic heterocycles. The lowest BCUT2D eigenvalue weighted by Gasteiger charge is -2.28. The van der Waals surface area contributed by atoms with Crippen molar-refractivity contribution in [1.82, 2.24) is 0 Å². The summed E-state index contributed by atoms with van der Waals surface area (Å²) < 4.78 is 22.2. The lowest BCUT2D eigenvalue weighted by Crippen LogP contribution is -2.20. The van der Waals surface area contributed by atoms with Gasteiger partial charge in [0.25, 0.3) is 0 Å². The Hall–Kier alpha value is -2.39. The first-order valence-corrected chi connectivity index (χ1v) is 15.3. The molecule has 3 aromatic rings. The van der Waals surface area contributed by atoms with Gasteiger partial charge in [-0.05, 0) is 59.6 Å². The first-order chi connectivity index (χ1) is 16.7. The minimum Gasteiger partial charge on any atom is -0.494 e. The Morgan fingerprint density at radius 2 is 1.56 bits per heavy atom. The second kappa shape index (κ2) is 12.4. The highest BCUT2D eigenvalue weighted by atomic mass is 28.3. The molecule has 3 heteroatoms. The Morgan fingerprint density at radius 3 is 2.24 bits per heavy atom. The summed E-state index contributed by atoms with van der Waals surface area (Å²) >= 11 is 0. The first-order valence-electron chi connectivity index (χ1n) is 13.2. The number of halogens is 1. The van der Waals surface area contributed by atoms with Gasteiger partial charge in [0.05, 0.1) is 6.61 Å². The third kappa shape index (κ3) is 5.99. The summed E-state index contributed by atoms with van der Waals surface area (Å²) in [6.45, 7) is 5.22. The van der Waals surface area contributed by atoms with Crippen molar-refractivity contribution in [2.75, 3.05) is 6.61 Å². The van der Waals surface area contributed by atoms with Crippen LogP contribution in [0.4, 0.5) is 4.39 Å². The average molecular weight is 474 g/mol. The zero-order chi connectivity index (χ0) is 23.8. The number of hydrogen-bond donors (Lipinski definition) is 0. The molecule has 0 atom stereocenters. The van der Waals surface area contributed by atoms with E-state index in [-0.39, 0.29) is 14.6 Å². The molecule has 0 saturated carbocycles. The average Bonchev–Trinajstić information content (AvgIpc) is 2.88. The summed E-state index contributed by atoms with van der Waals surface area (Å²) in [6, 6.07) is 26.5. The first kappa shape index (κ1) is 24.7. The van der Waals surface area contributed by atoms with Gasteiger partial charge in [0.1, 0.15) is 11.6 Å². The SMILES string of the molecule is CCCCCOc1ccc(-c2c(-c3ccccc3)ccc(C3CC[Si](CCC)CC3)c2F)cc1. The molecule has 1 heterocycles. The molecule has 0 unspecified atom stereocenters. The number of rotatable bonds is 10. The van der Waals surface area contributed by atoms with E-state index in [0.717, 1.165) is 59.4 Å².